The number of nitrogens with zero attached hydrogens (tertiary/aromatic N) is 1. The van der Waals surface area contributed by atoms with Gasteiger partial charge in [0.25, 0.3) is 11.8 Å². The number of anilines is 1. The first-order valence-corrected chi connectivity index (χ1v) is 11.3. The molecule has 0 unspecified atom stereocenters. The molecule has 0 aromatic heterocycles. The zero-order valence-electron chi connectivity index (χ0n) is 19.6. The van der Waals surface area contributed by atoms with Gasteiger partial charge in [0.2, 0.25) is 0 Å². The van der Waals surface area contributed by atoms with E-state index in [9.17, 15) is 19.2 Å². The molecule has 0 atom stereocenters. The van der Waals surface area contributed by atoms with Crippen LogP contribution in [0.25, 0.3) is 16.8 Å². The summed E-state index contributed by atoms with van der Waals surface area (Å²) in [7, 11) is 1.50. The Morgan fingerprint density at radius 1 is 0.811 bits per heavy atom. The van der Waals surface area contributed by atoms with E-state index >= 15 is 0 Å². The second-order valence-corrected chi connectivity index (χ2v) is 8.14. The summed E-state index contributed by atoms with van der Waals surface area (Å²) in [6, 6.07) is 24.7. The van der Waals surface area contributed by atoms with Gasteiger partial charge in [-0.15, -0.1) is 0 Å². The predicted molar refractivity (Wildman–Crippen MR) is 137 cm³/mol. The normalized spacial score (nSPS) is 14.6. The van der Waals surface area contributed by atoms with Crippen molar-refractivity contribution in [3.8, 4) is 11.5 Å². The second-order valence-electron chi connectivity index (χ2n) is 8.14. The van der Waals surface area contributed by atoms with Crippen LogP contribution in [0.3, 0.4) is 0 Å². The average molecular weight is 492 g/mol. The van der Waals surface area contributed by atoms with Gasteiger partial charge in [0.1, 0.15) is 17.1 Å². The summed E-state index contributed by atoms with van der Waals surface area (Å²) in [6.07, 6.45) is 1.37. The Kier molecular flexibility index (Phi) is 6.22. The number of esters is 1. The lowest BCUT2D eigenvalue weighted by Gasteiger charge is -2.26. The van der Waals surface area contributed by atoms with E-state index in [1.165, 1.54) is 13.2 Å². The minimum Gasteiger partial charge on any atom is -0.497 e. The fourth-order valence-corrected chi connectivity index (χ4v) is 3.99. The first kappa shape index (κ1) is 23.5. The van der Waals surface area contributed by atoms with Gasteiger partial charge in [0, 0.05) is 0 Å². The first-order chi connectivity index (χ1) is 17.9. The molecule has 1 heterocycles. The number of hydrogen-bond donors (Lipinski definition) is 1. The van der Waals surface area contributed by atoms with E-state index in [4.69, 9.17) is 9.47 Å². The Hall–Kier alpha value is -5.24. The highest BCUT2D eigenvalue weighted by molar-refractivity contribution is 6.39. The van der Waals surface area contributed by atoms with Crippen LogP contribution >= 0.6 is 0 Å². The summed E-state index contributed by atoms with van der Waals surface area (Å²) < 4.78 is 10.6. The molecule has 8 heteroatoms. The quantitative estimate of drug-likeness (QED) is 0.187. The number of carbonyl (C=O) groups is 4. The molecule has 4 aromatic rings. The van der Waals surface area contributed by atoms with E-state index in [2.05, 4.69) is 5.32 Å². The molecule has 1 aliphatic rings. The third-order valence-corrected chi connectivity index (χ3v) is 5.84. The lowest BCUT2D eigenvalue weighted by atomic mass is 10.0. The molecular formula is C29H20N2O6. The zero-order valence-corrected chi connectivity index (χ0v) is 19.6. The van der Waals surface area contributed by atoms with Crippen molar-refractivity contribution in [2.24, 2.45) is 0 Å². The number of fused-ring (bicyclic) bond motifs is 1. The summed E-state index contributed by atoms with van der Waals surface area (Å²) >= 11 is 0. The van der Waals surface area contributed by atoms with Crippen LogP contribution in [-0.4, -0.2) is 30.9 Å². The van der Waals surface area contributed by atoms with Crippen LogP contribution in [0.15, 0.2) is 96.6 Å². The molecule has 1 saturated heterocycles. The van der Waals surface area contributed by atoms with E-state index in [0.29, 0.717) is 22.6 Å². The molecule has 4 amide bonds. The monoisotopic (exact) mass is 492 g/mol. The Morgan fingerprint density at radius 3 is 2.22 bits per heavy atom. The van der Waals surface area contributed by atoms with Gasteiger partial charge in [-0.25, -0.2) is 14.5 Å². The molecular weight excluding hydrogens is 472 g/mol. The minimum atomic E-state index is -0.840. The zero-order chi connectivity index (χ0) is 25.9. The summed E-state index contributed by atoms with van der Waals surface area (Å²) in [4.78, 5) is 51.5. The van der Waals surface area contributed by atoms with Crippen LogP contribution in [0.1, 0.15) is 15.9 Å². The molecule has 0 bridgehead atoms. The fraction of sp³-hybridized carbons (Fsp3) is 0.0345. The van der Waals surface area contributed by atoms with Crippen molar-refractivity contribution in [2.45, 2.75) is 0 Å². The molecule has 1 fully saturated rings. The molecule has 5 rings (SSSR count). The number of methoxy groups -OCH3 is 1. The average Bonchev–Trinajstić information content (AvgIpc) is 2.92. The van der Waals surface area contributed by atoms with Crippen LogP contribution in [0, 0.1) is 0 Å². The second kappa shape index (κ2) is 9.79. The number of barbiturate groups is 1. The lowest BCUT2D eigenvalue weighted by molar-refractivity contribution is -0.122. The van der Waals surface area contributed by atoms with Gasteiger partial charge in [-0.05, 0) is 64.9 Å². The molecule has 37 heavy (non-hydrogen) atoms. The number of urea groups is 1. The van der Waals surface area contributed by atoms with Gasteiger partial charge in [-0.1, -0.05) is 48.5 Å². The first-order valence-electron chi connectivity index (χ1n) is 11.3. The fourth-order valence-electron chi connectivity index (χ4n) is 3.99. The van der Waals surface area contributed by atoms with Crippen LogP contribution < -0.4 is 19.7 Å². The topological polar surface area (TPSA) is 102 Å². The molecule has 0 radical (unpaired) electrons. The molecule has 0 saturated carbocycles. The van der Waals surface area contributed by atoms with Crippen molar-refractivity contribution < 1.29 is 28.7 Å². The van der Waals surface area contributed by atoms with E-state index in [0.717, 1.165) is 15.7 Å². The maximum absolute atomic E-state index is 13.1. The molecule has 0 spiro atoms. The van der Waals surface area contributed by atoms with Crippen LogP contribution in [-0.2, 0) is 9.59 Å². The maximum Gasteiger partial charge on any atom is 0.344 e. The standard InChI is InChI=1S/C29H20N2O6/c1-36-21-15-11-20(12-16-21)31-27(33)25(26(32)30-29(31)35)17-18-9-13-22(14-10-18)37-28(34)24-8-4-6-19-5-2-3-7-23(19)24/h2-17H,1H3,(H,30,32,35)/b25-17-. The number of nitrogens with one attached hydrogen (secondary N) is 1. The number of imide groups is 2. The number of amides is 4. The maximum atomic E-state index is 13.1. The number of ether oxygens (including phenoxy) is 2. The van der Waals surface area contributed by atoms with Crippen molar-refractivity contribution in [1.82, 2.24) is 5.32 Å². The minimum absolute atomic E-state index is 0.212. The summed E-state index contributed by atoms with van der Waals surface area (Å²) in [5, 5.41) is 3.90. The molecule has 8 nitrogen and oxygen atoms in total. The van der Waals surface area contributed by atoms with Gasteiger partial charge >= 0.3 is 12.0 Å². The van der Waals surface area contributed by atoms with Crippen molar-refractivity contribution in [3.05, 3.63) is 108 Å². The van der Waals surface area contributed by atoms with Crippen molar-refractivity contribution in [3.63, 3.8) is 0 Å². The van der Waals surface area contributed by atoms with E-state index < -0.39 is 23.8 Å². The third-order valence-electron chi connectivity index (χ3n) is 5.84. The Labute approximate surface area is 211 Å². The third kappa shape index (κ3) is 4.68. The molecule has 1 N–H and O–H groups in total. The van der Waals surface area contributed by atoms with E-state index in [1.807, 2.05) is 30.3 Å². The summed E-state index contributed by atoms with van der Waals surface area (Å²) in [5.41, 5.74) is 1.03. The van der Waals surface area contributed by atoms with Gasteiger partial charge in [-0.3, -0.25) is 14.9 Å². The summed E-state index contributed by atoms with van der Waals surface area (Å²) in [6.45, 7) is 0. The lowest BCUT2D eigenvalue weighted by Crippen LogP contribution is -2.54. The number of benzene rings is 4. The van der Waals surface area contributed by atoms with Crippen molar-refractivity contribution >= 4 is 46.4 Å². The Morgan fingerprint density at radius 2 is 1.49 bits per heavy atom. The van der Waals surface area contributed by atoms with Crippen LogP contribution in [0.2, 0.25) is 0 Å². The van der Waals surface area contributed by atoms with Crippen LogP contribution in [0.5, 0.6) is 11.5 Å². The Bertz CT molecular complexity index is 1570. The van der Waals surface area contributed by atoms with Crippen LogP contribution in [0.4, 0.5) is 10.5 Å². The molecule has 4 aromatic carbocycles. The van der Waals surface area contributed by atoms with E-state index in [-0.39, 0.29) is 11.3 Å². The van der Waals surface area contributed by atoms with Gasteiger partial charge in [0.15, 0.2) is 0 Å². The van der Waals surface area contributed by atoms with Gasteiger partial charge in [0.05, 0.1) is 18.4 Å². The highest BCUT2D eigenvalue weighted by Crippen LogP contribution is 2.25. The molecule has 0 aliphatic carbocycles. The highest BCUT2D eigenvalue weighted by Gasteiger charge is 2.36. The largest absolute Gasteiger partial charge is 0.497 e. The Balaban J connectivity index is 1.36. The number of carbonyl (C=O) groups excluding carboxylic acids is 4. The SMILES string of the molecule is COc1ccc(N2C(=O)NC(=O)/C(=C/c3ccc(OC(=O)c4cccc5ccccc45)cc3)C2=O)cc1. The molecule has 182 valence electrons. The predicted octanol–water partition coefficient (Wildman–Crippen LogP) is 4.73. The smallest absolute Gasteiger partial charge is 0.344 e. The summed E-state index contributed by atoms with van der Waals surface area (Å²) in [5.74, 6) is -1.20. The molecule has 1 aliphatic heterocycles. The van der Waals surface area contributed by atoms with Gasteiger partial charge < -0.3 is 9.47 Å². The van der Waals surface area contributed by atoms with Gasteiger partial charge in [-0.2, -0.15) is 0 Å². The van der Waals surface area contributed by atoms with Crippen molar-refractivity contribution in [2.75, 3.05) is 12.0 Å². The number of rotatable bonds is 5. The van der Waals surface area contributed by atoms with Crippen molar-refractivity contribution in [1.29, 1.82) is 0 Å². The van der Waals surface area contributed by atoms with E-state index in [1.54, 1.807) is 60.7 Å². The number of hydrogen-bond acceptors (Lipinski definition) is 6. The highest BCUT2D eigenvalue weighted by atomic mass is 16.5.